The van der Waals surface area contributed by atoms with E-state index in [0.717, 1.165) is 23.3 Å². The Balaban J connectivity index is 1.47. The molecule has 0 unspecified atom stereocenters. The largest absolute Gasteiger partial charge is 0.390 e. The molecule has 1 aliphatic heterocycles. The molecule has 0 bridgehead atoms. The summed E-state index contributed by atoms with van der Waals surface area (Å²) in [5.41, 5.74) is 4.25. The summed E-state index contributed by atoms with van der Waals surface area (Å²) in [4.78, 5) is 5.46. The van der Waals surface area contributed by atoms with Crippen LogP contribution in [0.4, 0.5) is 4.39 Å². The van der Waals surface area contributed by atoms with Gasteiger partial charge in [-0.05, 0) is 30.2 Å². The van der Waals surface area contributed by atoms with E-state index < -0.39 is 0 Å². The van der Waals surface area contributed by atoms with Gasteiger partial charge in [0.2, 0.25) is 0 Å². The summed E-state index contributed by atoms with van der Waals surface area (Å²) < 4.78 is 13.1. The van der Waals surface area contributed by atoms with Crippen LogP contribution in [0.1, 0.15) is 23.1 Å². The van der Waals surface area contributed by atoms with E-state index in [2.05, 4.69) is 41.7 Å². The van der Waals surface area contributed by atoms with E-state index in [4.69, 9.17) is 4.84 Å². The van der Waals surface area contributed by atoms with Crippen LogP contribution >= 0.6 is 0 Å². The standard InChI is InChI=1S/C18H19FN2O/c1-13-5-7-15(8-6-13)18-10-17(22-21-18)12-20-11-14-3-2-4-16(19)9-14/h2-9,17,20H,10-12H2,1H3/t17-/m1/s1. The maximum atomic E-state index is 13.1. The first-order valence-electron chi connectivity index (χ1n) is 7.45. The second-order valence-corrected chi connectivity index (χ2v) is 5.60. The molecule has 0 radical (unpaired) electrons. The van der Waals surface area contributed by atoms with Gasteiger partial charge in [-0.2, -0.15) is 0 Å². The molecule has 0 amide bonds. The van der Waals surface area contributed by atoms with Crippen molar-refractivity contribution < 1.29 is 9.23 Å². The van der Waals surface area contributed by atoms with Gasteiger partial charge < -0.3 is 10.2 Å². The fourth-order valence-corrected chi connectivity index (χ4v) is 2.48. The third-order valence-electron chi connectivity index (χ3n) is 3.71. The molecule has 1 N–H and O–H groups in total. The highest BCUT2D eigenvalue weighted by Gasteiger charge is 2.21. The van der Waals surface area contributed by atoms with Gasteiger partial charge in [-0.1, -0.05) is 47.1 Å². The van der Waals surface area contributed by atoms with Crippen LogP contribution in [0.15, 0.2) is 53.7 Å². The highest BCUT2D eigenvalue weighted by atomic mass is 19.1. The maximum absolute atomic E-state index is 13.1. The lowest BCUT2D eigenvalue weighted by Crippen LogP contribution is -2.26. The summed E-state index contributed by atoms with van der Waals surface area (Å²) in [6.45, 7) is 3.38. The zero-order valence-corrected chi connectivity index (χ0v) is 12.6. The molecule has 0 spiro atoms. The van der Waals surface area contributed by atoms with Crippen LogP contribution in [0, 0.1) is 12.7 Å². The number of nitrogens with one attached hydrogen (secondary N) is 1. The van der Waals surface area contributed by atoms with Crippen molar-refractivity contribution in [2.24, 2.45) is 5.16 Å². The van der Waals surface area contributed by atoms with E-state index in [0.29, 0.717) is 13.1 Å². The van der Waals surface area contributed by atoms with E-state index in [1.165, 1.54) is 17.7 Å². The van der Waals surface area contributed by atoms with Crippen LogP contribution < -0.4 is 5.32 Å². The van der Waals surface area contributed by atoms with Gasteiger partial charge in [-0.25, -0.2) is 4.39 Å². The summed E-state index contributed by atoms with van der Waals surface area (Å²) in [5.74, 6) is -0.207. The number of hydrogen-bond donors (Lipinski definition) is 1. The first-order valence-corrected chi connectivity index (χ1v) is 7.45. The lowest BCUT2D eigenvalue weighted by molar-refractivity contribution is 0.0848. The topological polar surface area (TPSA) is 33.6 Å². The predicted molar refractivity (Wildman–Crippen MR) is 85.3 cm³/mol. The van der Waals surface area contributed by atoms with Crippen molar-refractivity contribution in [3.8, 4) is 0 Å². The van der Waals surface area contributed by atoms with Crippen LogP contribution in [0.25, 0.3) is 0 Å². The monoisotopic (exact) mass is 298 g/mol. The Labute approximate surface area is 129 Å². The van der Waals surface area contributed by atoms with Crippen molar-refractivity contribution >= 4 is 5.71 Å². The second-order valence-electron chi connectivity index (χ2n) is 5.60. The van der Waals surface area contributed by atoms with Gasteiger partial charge in [-0.15, -0.1) is 0 Å². The molecule has 3 nitrogen and oxygen atoms in total. The lowest BCUT2D eigenvalue weighted by atomic mass is 10.0. The average molecular weight is 298 g/mol. The maximum Gasteiger partial charge on any atom is 0.145 e. The van der Waals surface area contributed by atoms with Crippen molar-refractivity contribution in [1.29, 1.82) is 0 Å². The number of halogens is 1. The highest BCUT2D eigenvalue weighted by Crippen LogP contribution is 2.17. The first-order chi connectivity index (χ1) is 10.7. The van der Waals surface area contributed by atoms with Crippen LogP contribution in [-0.4, -0.2) is 18.4 Å². The molecule has 0 aromatic heterocycles. The zero-order chi connectivity index (χ0) is 15.4. The fourth-order valence-electron chi connectivity index (χ4n) is 2.48. The van der Waals surface area contributed by atoms with Gasteiger partial charge in [0.25, 0.3) is 0 Å². The molecule has 0 saturated carbocycles. The predicted octanol–water partition coefficient (Wildman–Crippen LogP) is 3.42. The second kappa shape index (κ2) is 6.71. The Kier molecular flexibility index (Phi) is 4.49. The number of benzene rings is 2. The summed E-state index contributed by atoms with van der Waals surface area (Å²) in [6.07, 6.45) is 0.823. The van der Waals surface area contributed by atoms with Gasteiger partial charge >= 0.3 is 0 Å². The molecule has 2 aromatic carbocycles. The van der Waals surface area contributed by atoms with Gasteiger partial charge in [-0.3, -0.25) is 0 Å². The van der Waals surface area contributed by atoms with Crippen LogP contribution in [0.2, 0.25) is 0 Å². The number of nitrogens with zero attached hydrogens (tertiary/aromatic N) is 1. The molecule has 0 fully saturated rings. The number of rotatable bonds is 5. The fraction of sp³-hybridized carbons (Fsp3) is 0.278. The van der Waals surface area contributed by atoms with Crippen molar-refractivity contribution in [1.82, 2.24) is 5.32 Å². The first kappa shape index (κ1) is 14.7. The van der Waals surface area contributed by atoms with E-state index in [1.807, 2.05) is 6.07 Å². The molecule has 2 aromatic rings. The van der Waals surface area contributed by atoms with Crippen LogP contribution in [0.5, 0.6) is 0 Å². The number of oxime groups is 1. The van der Waals surface area contributed by atoms with Crippen molar-refractivity contribution in [3.63, 3.8) is 0 Å². The third-order valence-corrected chi connectivity index (χ3v) is 3.71. The minimum Gasteiger partial charge on any atom is -0.390 e. The SMILES string of the molecule is Cc1ccc(C2=NO[C@@H](CNCc3cccc(F)c3)C2)cc1. The molecule has 3 rings (SSSR count). The zero-order valence-electron chi connectivity index (χ0n) is 12.6. The summed E-state index contributed by atoms with van der Waals surface area (Å²) >= 11 is 0. The molecule has 22 heavy (non-hydrogen) atoms. The van der Waals surface area contributed by atoms with E-state index >= 15 is 0 Å². The minimum atomic E-state index is -0.207. The number of hydrogen-bond acceptors (Lipinski definition) is 3. The molecule has 4 heteroatoms. The molecular formula is C18H19FN2O. The molecule has 114 valence electrons. The van der Waals surface area contributed by atoms with Gasteiger partial charge in [0, 0.05) is 19.5 Å². The molecule has 1 heterocycles. The summed E-state index contributed by atoms with van der Waals surface area (Å²) in [7, 11) is 0. The quantitative estimate of drug-likeness (QED) is 0.917. The Morgan fingerprint density at radius 2 is 2.05 bits per heavy atom. The Morgan fingerprint density at radius 1 is 1.23 bits per heavy atom. The lowest BCUT2D eigenvalue weighted by Gasteiger charge is -2.10. The van der Waals surface area contributed by atoms with E-state index in [9.17, 15) is 4.39 Å². The van der Waals surface area contributed by atoms with Crippen molar-refractivity contribution in [2.45, 2.75) is 26.0 Å². The Hall–Kier alpha value is -2.20. The van der Waals surface area contributed by atoms with Crippen molar-refractivity contribution in [2.75, 3.05) is 6.54 Å². The molecule has 1 aliphatic rings. The Morgan fingerprint density at radius 3 is 2.82 bits per heavy atom. The molecular weight excluding hydrogens is 279 g/mol. The highest BCUT2D eigenvalue weighted by molar-refractivity contribution is 6.01. The van der Waals surface area contributed by atoms with Gasteiger partial charge in [0.05, 0.1) is 5.71 Å². The smallest absolute Gasteiger partial charge is 0.145 e. The third kappa shape index (κ3) is 3.71. The molecule has 0 aliphatic carbocycles. The van der Waals surface area contributed by atoms with Crippen LogP contribution in [0.3, 0.4) is 0 Å². The molecule has 1 atom stereocenters. The normalized spacial score (nSPS) is 17.2. The van der Waals surface area contributed by atoms with Gasteiger partial charge in [0.15, 0.2) is 0 Å². The van der Waals surface area contributed by atoms with Crippen LogP contribution in [-0.2, 0) is 11.4 Å². The van der Waals surface area contributed by atoms with Gasteiger partial charge in [0.1, 0.15) is 11.9 Å². The summed E-state index contributed by atoms with van der Waals surface area (Å²) in [5, 5.41) is 7.46. The average Bonchev–Trinajstić information content (AvgIpc) is 2.97. The van der Waals surface area contributed by atoms with E-state index in [-0.39, 0.29) is 11.9 Å². The minimum absolute atomic E-state index is 0.0323. The summed E-state index contributed by atoms with van der Waals surface area (Å²) in [6, 6.07) is 14.9. The van der Waals surface area contributed by atoms with Crippen molar-refractivity contribution in [3.05, 3.63) is 71.0 Å². The molecule has 0 saturated heterocycles. The Bertz CT molecular complexity index is 667. The number of aryl methyl sites for hydroxylation is 1. The van der Waals surface area contributed by atoms with E-state index in [1.54, 1.807) is 6.07 Å².